The first-order valence-corrected chi connectivity index (χ1v) is 9.67. The van der Waals surface area contributed by atoms with Crippen LogP contribution < -0.4 is 5.32 Å². The minimum atomic E-state index is -0.486. The summed E-state index contributed by atoms with van der Waals surface area (Å²) in [4.78, 5) is 27.2. The van der Waals surface area contributed by atoms with Gasteiger partial charge in [-0.25, -0.2) is 4.98 Å². The third-order valence-electron chi connectivity index (χ3n) is 4.52. The van der Waals surface area contributed by atoms with Crippen molar-refractivity contribution in [1.29, 1.82) is 0 Å². The lowest BCUT2D eigenvalue weighted by Gasteiger charge is -2.06. The van der Waals surface area contributed by atoms with Crippen LogP contribution in [0.25, 0.3) is 28.6 Å². The normalized spacial score (nSPS) is 11.2. The molecular formula is C23H16ClN3O4. The number of carbonyl (C=O) groups excluding carboxylic acids is 1. The molecule has 8 heteroatoms. The van der Waals surface area contributed by atoms with Gasteiger partial charge in [0.05, 0.1) is 15.5 Å². The number of hydrogen-bond acceptors (Lipinski definition) is 5. The molecule has 7 nitrogen and oxygen atoms in total. The van der Waals surface area contributed by atoms with Gasteiger partial charge in [-0.2, -0.15) is 0 Å². The highest BCUT2D eigenvalue weighted by Gasteiger charge is 2.13. The van der Waals surface area contributed by atoms with E-state index in [1.165, 1.54) is 24.3 Å². The van der Waals surface area contributed by atoms with Crippen LogP contribution in [-0.2, 0) is 4.79 Å². The lowest BCUT2D eigenvalue weighted by Crippen LogP contribution is -2.07. The van der Waals surface area contributed by atoms with Gasteiger partial charge in [-0.05, 0) is 54.5 Å². The Balaban J connectivity index is 1.54. The Morgan fingerprint density at radius 2 is 2.00 bits per heavy atom. The lowest BCUT2D eigenvalue weighted by atomic mass is 10.2. The van der Waals surface area contributed by atoms with E-state index in [1.807, 2.05) is 25.1 Å². The first-order valence-electron chi connectivity index (χ1n) is 9.30. The third-order valence-corrected chi connectivity index (χ3v) is 4.85. The number of amides is 1. The fourth-order valence-electron chi connectivity index (χ4n) is 3.01. The summed E-state index contributed by atoms with van der Waals surface area (Å²) < 4.78 is 5.83. The van der Waals surface area contributed by atoms with Gasteiger partial charge in [0.15, 0.2) is 5.58 Å². The third kappa shape index (κ3) is 4.62. The molecule has 0 bridgehead atoms. The highest BCUT2D eigenvalue weighted by Crippen LogP contribution is 2.32. The number of carbonyl (C=O) groups is 1. The van der Waals surface area contributed by atoms with Gasteiger partial charge in [-0.15, -0.1) is 0 Å². The molecule has 154 valence electrons. The van der Waals surface area contributed by atoms with E-state index >= 15 is 0 Å². The zero-order chi connectivity index (χ0) is 22.0. The van der Waals surface area contributed by atoms with E-state index in [1.54, 1.807) is 30.3 Å². The molecule has 31 heavy (non-hydrogen) atoms. The number of hydrogen-bond donors (Lipinski definition) is 1. The van der Waals surface area contributed by atoms with E-state index < -0.39 is 10.8 Å². The minimum absolute atomic E-state index is 0.0431. The smallest absolute Gasteiger partial charge is 0.270 e. The highest BCUT2D eigenvalue weighted by molar-refractivity contribution is 6.33. The van der Waals surface area contributed by atoms with Crippen LogP contribution in [0.2, 0.25) is 5.02 Å². The Morgan fingerprint density at radius 1 is 1.16 bits per heavy atom. The quantitative estimate of drug-likeness (QED) is 0.236. The second kappa shape index (κ2) is 8.41. The molecule has 1 aromatic heterocycles. The molecule has 3 aromatic carbocycles. The minimum Gasteiger partial charge on any atom is -0.436 e. The number of nitro groups is 1. The summed E-state index contributed by atoms with van der Waals surface area (Å²) in [5, 5.41) is 14.0. The summed E-state index contributed by atoms with van der Waals surface area (Å²) in [5.41, 5.74) is 3.98. The molecule has 4 rings (SSSR count). The average molecular weight is 434 g/mol. The summed E-state index contributed by atoms with van der Waals surface area (Å²) in [5.74, 6) is -0.0400. The zero-order valence-electron chi connectivity index (χ0n) is 16.3. The first-order chi connectivity index (χ1) is 14.9. The van der Waals surface area contributed by atoms with Gasteiger partial charge >= 0.3 is 0 Å². The number of non-ortho nitro benzene ring substituents is 1. The van der Waals surface area contributed by atoms with Crippen molar-refractivity contribution >= 4 is 46.1 Å². The highest BCUT2D eigenvalue weighted by atomic mass is 35.5. The van der Waals surface area contributed by atoms with Gasteiger partial charge < -0.3 is 9.73 Å². The van der Waals surface area contributed by atoms with E-state index in [-0.39, 0.29) is 5.69 Å². The average Bonchev–Trinajstić information content (AvgIpc) is 3.16. The predicted molar refractivity (Wildman–Crippen MR) is 120 cm³/mol. The second-order valence-electron chi connectivity index (χ2n) is 6.86. The van der Waals surface area contributed by atoms with Crippen LogP contribution in [0.4, 0.5) is 11.4 Å². The topological polar surface area (TPSA) is 98.3 Å². The van der Waals surface area contributed by atoms with E-state index in [9.17, 15) is 14.9 Å². The van der Waals surface area contributed by atoms with Crippen molar-refractivity contribution in [1.82, 2.24) is 4.98 Å². The largest absolute Gasteiger partial charge is 0.436 e. The second-order valence-corrected chi connectivity index (χ2v) is 7.27. The SMILES string of the molecule is Cc1ccc2nc(-c3cc(NC(=O)/C=C/c4cccc([N+](=O)[O-])c4)ccc3Cl)oc2c1. The number of nitrogens with one attached hydrogen (secondary N) is 1. The van der Waals surface area contributed by atoms with Crippen molar-refractivity contribution in [2.45, 2.75) is 6.92 Å². The van der Waals surface area contributed by atoms with Gasteiger partial charge in [0.25, 0.3) is 5.69 Å². The zero-order valence-corrected chi connectivity index (χ0v) is 17.1. The Labute approximate surface area is 182 Å². The maximum absolute atomic E-state index is 12.3. The molecule has 0 aliphatic heterocycles. The lowest BCUT2D eigenvalue weighted by molar-refractivity contribution is -0.384. The van der Waals surface area contributed by atoms with Gasteiger partial charge in [-0.1, -0.05) is 29.8 Å². The molecule has 1 amide bonds. The molecule has 1 N–H and O–H groups in total. The molecule has 0 spiro atoms. The number of rotatable bonds is 5. The Bertz CT molecular complexity index is 1340. The van der Waals surface area contributed by atoms with Crippen molar-refractivity contribution < 1.29 is 14.1 Å². The van der Waals surface area contributed by atoms with Gasteiger partial charge in [0, 0.05) is 23.9 Å². The van der Waals surface area contributed by atoms with Crippen molar-refractivity contribution in [3.63, 3.8) is 0 Å². The van der Waals surface area contributed by atoms with Crippen LogP contribution in [0, 0.1) is 17.0 Å². The number of benzene rings is 3. The summed E-state index contributed by atoms with van der Waals surface area (Å²) >= 11 is 6.33. The van der Waals surface area contributed by atoms with E-state index in [0.717, 1.165) is 5.56 Å². The van der Waals surface area contributed by atoms with Gasteiger partial charge in [-0.3, -0.25) is 14.9 Å². The van der Waals surface area contributed by atoms with E-state index in [4.69, 9.17) is 16.0 Å². The fraction of sp³-hybridized carbons (Fsp3) is 0.0435. The molecule has 0 aliphatic carbocycles. The molecule has 0 saturated carbocycles. The molecule has 1 heterocycles. The monoisotopic (exact) mass is 433 g/mol. The molecule has 4 aromatic rings. The summed E-state index contributed by atoms with van der Waals surface area (Å²) in [6, 6.07) is 16.7. The molecular weight excluding hydrogens is 418 g/mol. The van der Waals surface area contributed by atoms with Crippen LogP contribution in [0.1, 0.15) is 11.1 Å². The Morgan fingerprint density at radius 3 is 2.81 bits per heavy atom. The number of aryl methyl sites for hydroxylation is 1. The van der Waals surface area contributed by atoms with E-state index in [0.29, 0.717) is 38.8 Å². The number of fused-ring (bicyclic) bond motifs is 1. The molecule has 0 radical (unpaired) electrons. The number of nitrogens with zero attached hydrogens (tertiary/aromatic N) is 2. The fourth-order valence-corrected chi connectivity index (χ4v) is 3.21. The summed E-state index contributed by atoms with van der Waals surface area (Å²) in [7, 11) is 0. The van der Waals surface area contributed by atoms with Gasteiger partial charge in [0.1, 0.15) is 5.52 Å². The van der Waals surface area contributed by atoms with Crippen LogP contribution >= 0.6 is 11.6 Å². The van der Waals surface area contributed by atoms with Crippen molar-refractivity contribution in [3.8, 4) is 11.5 Å². The van der Waals surface area contributed by atoms with Crippen molar-refractivity contribution in [2.75, 3.05) is 5.32 Å². The first kappa shape index (κ1) is 20.3. The van der Waals surface area contributed by atoms with Crippen LogP contribution in [0.15, 0.2) is 71.2 Å². The molecule has 0 fully saturated rings. The Kier molecular flexibility index (Phi) is 5.51. The summed E-state index contributed by atoms with van der Waals surface area (Å²) in [6.07, 6.45) is 2.80. The van der Waals surface area contributed by atoms with E-state index in [2.05, 4.69) is 10.3 Å². The van der Waals surface area contributed by atoms with Crippen molar-refractivity contribution in [3.05, 3.63) is 93.0 Å². The number of nitro benzene ring substituents is 1. The number of aromatic nitrogens is 1. The molecule has 0 saturated heterocycles. The molecule has 0 atom stereocenters. The van der Waals surface area contributed by atoms with Crippen molar-refractivity contribution in [2.24, 2.45) is 0 Å². The van der Waals surface area contributed by atoms with Crippen LogP contribution in [-0.4, -0.2) is 15.8 Å². The predicted octanol–water partition coefficient (Wildman–Crippen LogP) is 6.02. The Hall–Kier alpha value is -3.97. The molecule has 0 unspecified atom stereocenters. The van der Waals surface area contributed by atoms with Crippen LogP contribution in [0.3, 0.4) is 0 Å². The molecule has 0 aliphatic rings. The van der Waals surface area contributed by atoms with Crippen LogP contribution in [0.5, 0.6) is 0 Å². The number of anilines is 1. The van der Waals surface area contributed by atoms with Gasteiger partial charge in [0.2, 0.25) is 11.8 Å². The number of halogens is 1. The summed E-state index contributed by atoms with van der Waals surface area (Å²) in [6.45, 7) is 1.96. The maximum Gasteiger partial charge on any atom is 0.270 e. The standard InChI is InChI=1S/C23H16ClN3O4/c1-14-5-9-20-21(11-14)31-23(26-20)18-13-16(7-8-19(18)24)25-22(28)10-6-15-3-2-4-17(12-15)27(29)30/h2-13H,1H3,(H,25,28)/b10-6+. The number of oxazole rings is 1. The maximum atomic E-state index is 12.3.